The van der Waals surface area contributed by atoms with Crippen LogP contribution in [0.3, 0.4) is 0 Å². The maximum atomic E-state index is 13.5. The summed E-state index contributed by atoms with van der Waals surface area (Å²) in [7, 11) is -7.49. The zero-order valence-electron chi connectivity index (χ0n) is 9.84. The van der Waals surface area contributed by atoms with Crippen molar-refractivity contribution in [1.29, 1.82) is 0 Å². The molecule has 0 radical (unpaired) electrons. The summed E-state index contributed by atoms with van der Waals surface area (Å²) in [6.45, 7) is 0.183. The first-order chi connectivity index (χ1) is 8.59. The van der Waals surface area contributed by atoms with Gasteiger partial charge in [0, 0.05) is 6.54 Å². The number of hydrogen-bond acceptors (Lipinski definition) is 5. The van der Waals surface area contributed by atoms with E-state index in [2.05, 4.69) is 5.32 Å². The first kappa shape index (κ1) is 15.8. The van der Waals surface area contributed by atoms with E-state index < -0.39 is 25.9 Å². The van der Waals surface area contributed by atoms with E-state index in [-0.39, 0.29) is 29.3 Å². The summed E-state index contributed by atoms with van der Waals surface area (Å²) < 4.78 is 56.8. The minimum Gasteiger partial charge on any atom is -0.383 e. The van der Waals surface area contributed by atoms with Gasteiger partial charge in [-0.15, -0.1) is 0 Å². The van der Waals surface area contributed by atoms with Crippen LogP contribution in [0.5, 0.6) is 0 Å². The first-order valence-electron chi connectivity index (χ1n) is 5.16. The molecule has 1 rings (SSSR count). The van der Waals surface area contributed by atoms with Crippen LogP contribution in [0.4, 0.5) is 10.1 Å². The van der Waals surface area contributed by atoms with Crippen molar-refractivity contribution in [3.05, 3.63) is 24.0 Å². The van der Waals surface area contributed by atoms with Gasteiger partial charge in [-0.05, 0) is 24.6 Å². The second-order valence-electron chi connectivity index (χ2n) is 3.83. The Morgan fingerprint density at radius 3 is 2.26 bits per heavy atom. The maximum Gasteiger partial charge on any atom is 0.238 e. The van der Waals surface area contributed by atoms with Gasteiger partial charge in [0.05, 0.1) is 16.3 Å². The second-order valence-corrected chi connectivity index (χ2v) is 7.13. The Balaban J connectivity index is 2.66. The Morgan fingerprint density at radius 1 is 1.16 bits per heavy atom. The lowest BCUT2D eigenvalue weighted by Crippen LogP contribution is -2.19. The van der Waals surface area contributed by atoms with E-state index in [0.29, 0.717) is 0 Å². The first-order valence-corrected chi connectivity index (χ1v) is 8.42. The highest BCUT2D eigenvalue weighted by Crippen LogP contribution is 2.18. The Kier molecular flexibility index (Phi) is 4.85. The maximum absolute atomic E-state index is 13.5. The number of hydrogen-bond donors (Lipinski definition) is 3. The van der Waals surface area contributed by atoms with Gasteiger partial charge in [0.2, 0.25) is 20.0 Å². The Morgan fingerprint density at radius 2 is 1.79 bits per heavy atom. The third-order valence-corrected chi connectivity index (χ3v) is 3.96. The number of halogens is 1. The van der Waals surface area contributed by atoms with Crippen molar-refractivity contribution in [2.75, 3.05) is 17.6 Å². The highest BCUT2D eigenvalue weighted by molar-refractivity contribution is 7.89. The zero-order chi connectivity index (χ0) is 14.7. The van der Waals surface area contributed by atoms with Gasteiger partial charge >= 0.3 is 0 Å². The monoisotopic (exact) mass is 311 g/mol. The van der Waals surface area contributed by atoms with E-state index in [0.717, 1.165) is 12.1 Å². The molecule has 0 aliphatic heterocycles. The van der Waals surface area contributed by atoms with Gasteiger partial charge < -0.3 is 5.32 Å². The van der Waals surface area contributed by atoms with Crippen LogP contribution < -0.4 is 15.6 Å². The fraction of sp³-hybridized carbons (Fsp3) is 0.333. The normalized spacial score (nSPS) is 12.4. The molecule has 0 aromatic heterocycles. The molecule has 108 valence electrons. The molecular formula is C9H14FN3O4S2. The fourth-order valence-electron chi connectivity index (χ4n) is 1.31. The largest absolute Gasteiger partial charge is 0.383 e. The number of anilines is 1. The van der Waals surface area contributed by atoms with E-state index in [1.807, 2.05) is 0 Å². The molecule has 0 saturated carbocycles. The Bertz CT molecular complexity index is 658. The molecule has 0 amide bonds. The number of sulfonamides is 2. The molecule has 10 heteroatoms. The number of rotatable bonds is 6. The zero-order valence-corrected chi connectivity index (χ0v) is 11.5. The van der Waals surface area contributed by atoms with E-state index in [1.54, 1.807) is 0 Å². The van der Waals surface area contributed by atoms with Crippen molar-refractivity contribution in [3.8, 4) is 0 Å². The summed E-state index contributed by atoms with van der Waals surface area (Å²) in [6.07, 6.45) is 0.204. The molecule has 1 aromatic carbocycles. The highest BCUT2D eigenvalue weighted by Gasteiger charge is 2.11. The molecule has 0 atom stereocenters. The Hall–Kier alpha value is -1.23. The summed E-state index contributed by atoms with van der Waals surface area (Å²) in [6, 6.07) is 3.16. The molecule has 1 aromatic rings. The van der Waals surface area contributed by atoms with Gasteiger partial charge in [0.15, 0.2) is 0 Å². The van der Waals surface area contributed by atoms with Crippen molar-refractivity contribution in [2.24, 2.45) is 10.3 Å². The molecule has 5 N–H and O–H groups in total. The lowest BCUT2D eigenvalue weighted by molar-refractivity contribution is 0.591. The fourth-order valence-corrected chi connectivity index (χ4v) is 2.38. The van der Waals surface area contributed by atoms with E-state index in [4.69, 9.17) is 10.3 Å². The minimum absolute atomic E-state index is 0.0572. The minimum atomic E-state index is -3.95. The summed E-state index contributed by atoms with van der Waals surface area (Å²) in [4.78, 5) is -0.333. The van der Waals surface area contributed by atoms with Crippen LogP contribution in [-0.4, -0.2) is 29.1 Å². The van der Waals surface area contributed by atoms with Gasteiger partial charge in [0.25, 0.3) is 0 Å². The quantitative estimate of drug-likeness (QED) is 0.613. The molecule has 0 spiro atoms. The smallest absolute Gasteiger partial charge is 0.238 e. The Labute approximate surface area is 110 Å². The van der Waals surface area contributed by atoms with Gasteiger partial charge in [-0.25, -0.2) is 31.5 Å². The second kappa shape index (κ2) is 5.82. The molecule has 0 aliphatic carbocycles. The lowest BCUT2D eigenvalue weighted by atomic mass is 10.3. The van der Waals surface area contributed by atoms with Crippen LogP contribution in [0, 0.1) is 5.82 Å². The van der Waals surface area contributed by atoms with Crippen LogP contribution in [-0.2, 0) is 20.0 Å². The van der Waals surface area contributed by atoms with Crippen LogP contribution >= 0.6 is 0 Å². The summed E-state index contributed by atoms with van der Waals surface area (Å²) >= 11 is 0. The number of primary sulfonamides is 2. The molecule has 7 nitrogen and oxygen atoms in total. The summed E-state index contributed by atoms with van der Waals surface area (Å²) in [5.41, 5.74) is 0.0572. The van der Waals surface area contributed by atoms with E-state index in [9.17, 15) is 21.2 Å². The standard InChI is InChI=1S/C9H14FN3O4S2/c10-8-6-7(19(12,16)17)2-3-9(8)13-4-1-5-18(11,14)15/h2-3,6,13H,1,4-5H2,(H2,11,14,15)(H2,12,16,17). The predicted octanol–water partition coefficient (Wildman–Crippen LogP) is -0.436. The summed E-state index contributed by atoms with van der Waals surface area (Å²) in [5.74, 6) is -1.02. The topological polar surface area (TPSA) is 132 Å². The molecule has 0 unspecified atom stereocenters. The third-order valence-electron chi connectivity index (χ3n) is 2.19. The van der Waals surface area contributed by atoms with Crippen molar-refractivity contribution in [2.45, 2.75) is 11.3 Å². The van der Waals surface area contributed by atoms with Crippen molar-refractivity contribution >= 4 is 25.7 Å². The SMILES string of the molecule is NS(=O)(=O)CCCNc1ccc(S(N)(=O)=O)cc1F. The highest BCUT2D eigenvalue weighted by atomic mass is 32.2. The van der Waals surface area contributed by atoms with Gasteiger partial charge in [-0.3, -0.25) is 0 Å². The third kappa shape index (κ3) is 5.51. The van der Waals surface area contributed by atoms with E-state index >= 15 is 0 Å². The van der Waals surface area contributed by atoms with Gasteiger partial charge in [-0.1, -0.05) is 0 Å². The van der Waals surface area contributed by atoms with Crippen LogP contribution in [0.2, 0.25) is 0 Å². The van der Waals surface area contributed by atoms with Crippen LogP contribution in [0.15, 0.2) is 23.1 Å². The van der Waals surface area contributed by atoms with Crippen molar-refractivity contribution in [3.63, 3.8) is 0 Å². The van der Waals surface area contributed by atoms with Crippen molar-refractivity contribution in [1.82, 2.24) is 0 Å². The lowest BCUT2D eigenvalue weighted by Gasteiger charge is -2.08. The predicted molar refractivity (Wildman–Crippen MR) is 68.9 cm³/mol. The van der Waals surface area contributed by atoms with Gasteiger partial charge in [0.1, 0.15) is 5.82 Å². The molecule has 19 heavy (non-hydrogen) atoms. The van der Waals surface area contributed by atoms with Gasteiger partial charge in [-0.2, -0.15) is 0 Å². The van der Waals surface area contributed by atoms with Crippen LogP contribution in [0.1, 0.15) is 6.42 Å². The average molecular weight is 311 g/mol. The molecule has 0 saturated heterocycles. The molecule has 0 aliphatic rings. The van der Waals surface area contributed by atoms with Crippen LogP contribution in [0.25, 0.3) is 0 Å². The number of benzene rings is 1. The average Bonchev–Trinajstić information content (AvgIpc) is 2.23. The van der Waals surface area contributed by atoms with Crippen molar-refractivity contribution < 1.29 is 21.2 Å². The summed E-state index contributed by atoms with van der Waals surface area (Å²) in [5, 5.41) is 12.3. The molecule has 0 heterocycles. The number of nitrogens with two attached hydrogens (primary N) is 2. The van der Waals surface area contributed by atoms with E-state index in [1.165, 1.54) is 6.07 Å². The molecule has 0 bridgehead atoms. The molecular weight excluding hydrogens is 297 g/mol. The molecule has 0 fully saturated rings. The number of nitrogens with one attached hydrogen (secondary N) is 1.